The molecule has 3 saturated carbocycles. The number of nitrogens with zero attached hydrogens (tertiary/aromatic N) is 1. The third-order valence-electron chi connectivity index (χ3n) is 5.14. The van der Waals surface area contributed by atoms with Crippen LogP contribution in [0.25, 0.3) is 0 Å². The predicted molar refractivity (Wildman–Crippen MR) is 79.5 cm³/mol. The molecule has 5 nitrogen and oxygen atoms in total. The molecule has 22 heavy (non-hydrogen) atoms. The number of carboxylic acid groups (broad SMARTS) is 1. The summed E-state index contributed by atoms with van der Waals surface area (Å²) in [4.78, 5) is 28.0. The van der Waals surface area contributed by atoms with Crippen LogP contribution in [-0.4, -0.2) is 28.0 Å². The number of aromatic nitrogens is 1. The number of nitrogens with one attached hydrogen (secondary N) is 1. The van der Waals surface area contributed by atoms with Crippen molar-refractivity contribution in [2.24, 2.45) is 17.8 Å². The van der Waals surface area contributed by atoms with E-state index in [4.69, 9.17) is 5.11 Å². The largest absolute Gasteiger partial charge is 0.481 e. The third-order valence-corrected chi connectivity index (χ3v) is 5.14. The lowest BCUT2D eigenvalue weighted by molar-refractivity contribution is -0.138. The van der Waals surface area contributed by atoms with Crippen LogP contribution in [0.4, 0.5) is 0 Å². The van der Waals surface area contributed by atoms with Gasteiger partial charge in [-0.3, -0.25) is 14.6 Å². The van der Waals surface area contributed by atoms with Gasteiger partial charge in [-0.2, -0.15) is 0 Å². The summed E-state index contributed by atoms with van der Waals surface area (Å²) in [5, 5.41) is 12.1. The van der Waals surface area contributed by atoms with Crippen molar-refractivity contribution in [3.05, 3.63) is 29.1 Å². The Kier molecular flexibility index (Phi) is 2.99. The number of carboxylic acids is 1. The van der Waals surface area contributed by atoms with Crippen molar-refractivity contribution < 1.29 is 14.7 Å². The second kappa shape index (κ2) is 4.80. The van der Waals surface area contributed by atoms with Crippen molar-refractivity contribution in [1.82, 2.24) is 10.3 Å². The number of amides is 1. The molecule has 0 radical (unpaired) electrons. The van der Waals surface area contributed by atoms with Crippen LogP contribution >= 0.6 is 0 Å². The maximum atomic E-state index is 12.5. The molecule has 5 heteroatoms. The third kappa shape index (κ3) is 2.49. The van der Waals surface area contributed by atoms with E-state index in [0.29, 0.717) is 17.4 Å². The van der Waals surface area contributed by atoms with Crippen LogP contribution in [0.15, 0.2) is 12.1 Å². The number of carbonyl (C=O) groups is 2. The van der Waals surface area contributed by atoms with Gasteiger partial charge in [-0.1, -0.05) is 0 Å². The van der Waals surface area contributed by atoms with Gasteiger partial charge in [0.25, 0.3) is 5.91 Å². The number of pyridine rings is 1. The average Bonchev–Trinajstić information content (AvgIpc) is 3.34. The Morgan fingerprint density at radius 1 is 1.23 bits per heavy atom. The van der Waals surface area contributed by atoms with Gasteiger partial charge in [0.05, 0.1) is 17.2 Å². The minimum atomic E-state index is -0.694. The molecule has 0 bridgehead atoms. The summed E-state index contributed by atoms with van der Waals surface area (Å²) in [6.45, 7) is 1.95. The normalized spacial score (nSPS) is 32.4. The van der Waals surface area contributed by atoms with Crippen molar-refractivity contribution >= 4 is 11.9 Å². The molecule has 0 aliphatic heterocycles. The van der Waals surface area contributed by atoms with E-state index >= 15 is 0 Å². The fourth-order valence-electron chi connectivity index (χ4n) is 3.51. The van der Waals surface area contributed by atoms with Crippen LogP contribution in [0.3, 0.4) is 0 Å². The highest BCUT2D eigenvalue weighted by molar-refractivity contribution is 5.96. The molecule has 3 fully saturated rings. The molecular weight excluding hydrogens is 280 g/mol. The number of carbonyl (C=O) groups excluding carboxylic acids is 1. The second-order valence-electron chi connectivity index (χ2n) is 6.98. The monoisotopic (exact) mass is 300 g/mol. The number of hydrogen-bond acceptors (Lipinski definition) is 3. The van der Waals surface area contributed by atoms with Gasteiger partial charge < -0.3 is 10.4 Å². The first-order valence-corrected chi connectivity index (χ1v) is 8.06. The number of hydrogen-bond donors (Lipinski definition) is 2. The van der Waals surface area contributed by atoms with Crippen molar-refractivity contribution in [3.8, 4) is 0 Å². The molecule has 0 spiro atoms. The van der Waals surface area contributed by atoms with E-state index in [1.165, 1.54) is 0 Å². The Labute approximate surface area is 129 Å². The van der Waals surface area contributed by atoms with Gasteiger partial charge in [-0.05, 0) is 56.6 Å². The molecule has 4 rings (SSSR count). The Bertz CT molecular complexity index is 653. The van der Waals surface area contributed by atoms with E-state index in [2.05, 4.69) is 10.3 Å². The molecule has 0 unspecified atom stereocenters. The lowest BCUT2D eigenvalue weighted by Crippen LogP contribution is -2.28. The molecule has 0 aromatic carbocycles. The predicted octanol–water partition coefficient (Wildman–Crippen LogP) is 2.11. The zero-order valence-electron chi connectivity index (χ0n) is 12.6. The summed E-state index contributed by atoms with van der Waals surface area (Å²) in [7, 11) is 0. The lowest BCUT2D eigenvalue weighted by Gasteiger charge is -2.09. The maximum absolute atomic E-state index is 12.5. The molecule has 116 valence electrons. The fourth-order valence-corrected chi connectivity index (χ4v) is 3.51. The molecule has 4 atom stereocenters. The van der Waals surface area contributed by atoms with Crippen molar-refractivity contribution in [1.29, 1.82) is 0 Å². The maximum Gasteiger partial charge on any atom is 0.306 e. The Hall–Kier alpha value is -1.91. The second-order valence-corrected chi connectivity index (χ2v) is 6.98. The van der Waals surface area contributed by atoms with Gasteiger partial charge in [0.2, 0.25) is 0 Å². The SMILES string of the molecule is Cc1ccc(C(=O)N[C@@H]2C[C@@H]2[C@@H]2C[C@@H]2C(=O)O)c(C2CC2)n1. The van der Waals surface area contributed by atoms with Crippen LogP contribution in [0.1, 0.15) is 53.3 Å². The summed E-state index contributed by atoms with van der Waals surface area (Å²) < 4.78 is 0. The zero-order valence-corrected chi connectivity index (χ0v) is 12.6. The van der Waals surface area contributed by atoms with Gasteiger partial charge in [0, 0.05) is 17.7 Å². The minimum absolute atomic E-state index is 0.0468. The summed E-state index contributed by atoms with van der Waals surface area (Å²) >= 11 is 0. The van der Waals surface area contributed by atoms with E-state index in [1.54, 1.807) is 0 Å². The van der Waals surface area contributed by atoms with E-state index in [-0.39, 0.29) is 23.8 Å². The van der Waals surface area contributed by atoms with Crippen LogP contribution in [0.5, 0.6) is 0 Å². The van der Waals surface area contributed by atoms with Crippen LogP contribution in [0.2, 0.25) is 0 Å². The summed E-state index contributed by atoms with van der Waals surface area (Å²) in [5.74, 6) is 0.135. The zero-order chi connectivity index (χ0) is 15.4. The van der Waals surface area contributed by atoms with Crippen molar-refractivity contribution in [3.63, 3.8) is 0 Å². The smallest absolute Gasteiger partial charge is 0.306 e. The Morgan fingerprint density at radius 2 is 2.00 bits per heavy atom. The van der Waals surface area contributed by atoms with Gasteiger partial charge in [-0.25, -0.2) is 0 Å². The molecule has 1 aromatic heterocycles. The minimum Gasteiger partial charge on any atom is -0.481 e. The van der Waals surface area contributed by atoms with Crippen molar-refractivity contribution in [2.75, 3.05) is 0 Å². The first kappa shape index (κ1) is 13.7. The Morgan fingerprint density at radius 3 is 2.64 bits per heavy atom. The number of aryl methyl sites for hydroxylation is 1. The van der Waals surface area contributed by atoms with E-state index in [0.717, 1.165) is 37.1 Å². The quantitative estimate of drug-likeness (QED) is 0.873. The van der Waals surface area contributed by atoms with Gasteiger partial charge >= 0.3 is 5.97 Å². The highest BCUT2D eigenvalue weighted by atomic mass is 16.4. The van der Waals surface area contributed by atoms with Crippen LogP contribution in [-0.2, 0) is 4.79 Å². The first-order valence-electron chi connectivity index (χ1n) is 8.06. The van der Waals surface area contributed by atoms with E-state index < -0.39 is 5.97 Å². The molecule has 3 aliphatic rings. The summed E-state index contributed by atoms with van der Waals surface area (Å²) in [6.07, 6.45) is 3.92. The fraction of sp³-hybridized carbons (Fsp3) is 0.588. The standard InChI is InChI=1S/C17H20N2O3/c1-8-2-5-10(15(18-8)9-3-4-9)16(20)19-14-7-12(14)11-6-13(11)17(21)22/h2,5,9,11-14H,3-4,6-7H2,1H3,(H,19,20)(H,21,22)/t11-,12+,13-,14+/m0/s1. The topological polar surface area (TPSA) is 79.3 Å². The van der Waals surface area contributed by atoms with Gasteiger partial charge in [-0.15, -0.1) is 0 Å². The van der Waals surface area contributed by atoms with Crippen LogP contribution in [0, 0.1) is 24.7 Å². The highest BCUT2D eigenvalue weighted by Crippen LogP contribution is 2.54. The molecular formula is C17H20N2O3. The van der Waals surface area contributed by atoms with Crippen molar-refractivity contribution in [2.45, 2.75) is 44.6 Å². The number of aliphatic carboxylic acids is 1. The molecule has 2 N–H and O–H groups in total. The van der Waals surface area contributed by atoms with E-state index in [1.807, 2.05) is 19.1 Å². The molecule has 1 aromatic rings. The van der Waals surface area contributed by atoms with E-state index in [9.17, 15) is 9.59 Å². The molecule has 1 amide bonds. The summed E-state index contributed by atoms with van der Waals surface area (Å²) in [6, 6.07) is 3.90. The molecule has 1 heterocycles. The lowest BCUT2D eigenvalue weighted by atomic mass is 10.1. The number of rotatable bonds is 5. The Balaban J connectivity index is 1.41. The highest BCUT2D eigenvalue weighted by Gasteiger charge is 2.57. The molecule has 0 saturated heterocycles. The van der Waals surface area contributed by atoms with Gasteiger partial charge in [0.15, 0.2) is 0 Å². The average molecular weight is 300 g/mol. The van der Waals surface area contributed by atoms with Crippen LogP contribution < -0.4 is 5.32 Å². The molecule has 3 aliphatic carbocycles. The van der Waals surface area contributed by atoms with Gasteiger partial charge in [0.1, 0.15) is 0 Å². The summed E-state index contributed by atoms with van der Waals surface area (Å²) in [5.41, 5.74) is 2.58. The first-order chi connectivity index (χ1) is 10.5.